The fourth-order valence-corrected chi connectivity index (χ4v) is 5.55. The first-order chi connectivity index (χ1) is 15.5. The summed E-state index contributed by atoms with van der Waals surface area (Å²) in [6.45, 7) is 0. The maximum absolute atomic E-state index is 12.8. The van der Waals surface area contributed by atoms with Crippen molar-refractivity contribution in [2.24, 2.45) is 0 Å². The second kappa shape index (κ2) is 12.1. The SMILES string of the molecule is COC(=O)CC(CSc1ccc(C(=O)c2cccc([I-][NH+]([O-])[O-])c2)cc1)c1ccccc1. The zero-order valence-corrected chi connectivity index (χ0v) is 20.3. The molecule has 0 heterocycles. The van der Waals surface area contributed by atoms with Crippen LogP contribution in [0, 0.1) is 14.0 Å². The van der Waals surface area contributed by atoms with Crippen molar-refractivity contribution in [2.75, 3.05) is 12.9 Å². The number of carbonyl (C=O) groups excluding carboxylic acids is 2. The van der Waals surface area contributed by atoms with Gasteiger partial charge in [-0.25, -0.2) is 0 Å². The van der Waals surface area contributed by atoms with E-state index in [1.54, 1.807) is 48.2 Å². The van der Waals surface area contributed by atoms with Crippen molar-refractivity contribution >= 4 is 23.5 Å². The van der Waals surface area contributed by atoms with Crippen LogP contribution in [0.25, 0.3) is 0 Å². The number of benzene rings is 3. The monoisotopic (exact) mass is 563 g/mol. The number of ether oxygens (including phenoxy) is 1. The fourth-order valence-electron chi connectivity index (χ4n) is 3.13. The van der Waals surface area contributed by atoms with Crippen molar-refractivity contribution in [1.82, 2.24) is 0 Å². The van der Waals surface area contributed by atoms with Crippen LogP contribution >= 0.6 is 11.8 Å². The second-order valence-corrected chi connectivity index (χ2v) is 10.7. The molecule has 0 aliphatic heterocycles. The Balaban J connectivity index is 1.67. The van der Waals surface area contributed by atoms with Crippen LogP contribution in [0.3, 0.4) is 0 Å². The molecule has 3 aromatic carbocycles. The molecule has 0 saturated heterocycles. The molecule has 8 heteroatoms. The Labute approximate surface area is 201 Å². The Morgan fingerprint density at radius 1 is 0.969 bits per heavy atom. The van der Waals surface area contributed by atoms with Crippen LogP contribution in [0.1, 0.15) is 33.8 Å². The van der Waals surface area contributed by atoms with Gasteiger partial charge in [0.25, 0.3) is 0 Å². The molecule has 3 rings (SSSR count). The summed E-state index contributed by atoms with van der Waals surface area (Å²) in [4.78, 5) is 25.6. The predicted molar refractivity (Wildman–Crippen MR) is 119 cm³/mol. The van der Waals surface area contributed by atoms with Crippen LogP contribution in [0.4, 0.5) is 0 Å². The minimum absolute atomic E-state index is 0.0183. The summed E-state index contributed by atoms with van der Waals surface area (Å²) in [7, 11) is 1.39. The molecule has 0 aliphatic rings. The molecule has 168 valence electrons. The van der Waals surface area contributed by atoms with Crippen molar-refractivity contribution in [3.8, 4) is 0 Å². The molecule has 0 aliphatic carbocycles. The first-order valence-electron chi connectivity index (χ1n) is 9.81. The van der Waals surface area contributed by atoms with E-state index in [0.29, 0.717) is 26.9 Å². The maximum atomic E-state index is 12.8. The van der Waals surface area contributed by atoms with E-state index in [1.165, 1.54) is 7.11 Å². The van der Waals surface area contributed by atoms with E-state index in [1.807, 2.05) is 42.5 Å². The topological polar surface area (TPSA) is 93.9 Å². The first-order valence-corrected chi connectivity index (χ1v) is 13.0. The van der Waals surface area contributed by atoms with Gasteiger partial charge in [-0.15, -0.1) is 0 Å². The van der Waals surface area contributed by atoms with Gasteiger partial charge in [0.2, 0.25) is 0 Å². The normalized spacial score (nSPS) is 12.0. The van der Waals surface area contributed by atoms with Crippen LogP contribution in [0.15, 0.2) is 83.8 Å². The Bertz CT molecular complexity index is 1040. The van der Waals surface area contributed by atoms with Crippen molar-refractivity contribution < 1.29 is 39.2 Å². The number of rotatable bonds is 10. The Morgan fingerprint density at radius 3 is 2.34 bits per heavy atom. The van der Waals surface area contributed by atoms with Crippen LogP contribution in [0.2, 0.25) is 0 Å². The summed E-state index contributed by atoms with van der Waals surface area (Å²) in [6.07, 6.45) is 0.301. The fraction of sp³-hybridized carbons (Fsp3) is 0.167. The van der Waals surface area contributed by atoms with Gasteiger partial charge in [0.1, 0.15) is 0 Å². The van der Waals surface area contributed by atoms with Crippen molar-refractivity contribution in [3.05, 3.63) is 110 Å². The molecule has 32 heavy (non-hydrogen) atoms. The average molecular weight is 563 g/mol. The minimum atomic E-state index is -1.27. The van der Waals surface area contributed by atoms with Crippen LogP contribution in [-0.2, 0) is 9.53 Å². The van der Waals surface area contributed by atoms with E-state index in [9.17, 15) is 20.0 Å². The predicted octanol–water partition coefficient (Wildman–Crippen LogP) is 0.411. The van der Waals surface area contributed by atoms with Crippen LogP contribution in [0.5, 0.6) is 0 Å². The average Bonchev–Trinajstić information content (AvgIpc) is 2.81. The quantitative estimate of drug-likeness (QED) is 0.0960. The summed E-state index contributed by atoms with van der Waals surface area (Å²) in [5, 5.41) is 21.7. The van der Waals surface area contributed by atoms with Gasteiger partial charge < -0.3 is 4.74 Å². The van der Waals surface area contributed by atoms with Gasteiger partial charge in [-0.05, 0) is 0 Å². The Kier molecular flexibility index (Phi) is 9.24. The second-order valence-electron chi connectivity index (χ2n) is 6.89. The van der Waals surface area contributed by atoms with Gasteiger partial charge in [-0.1, -0.05) is 30.3 Å². The third-order valence-corrected chi connectivity index (χ3v) is 7.66. The zero-order valence-electron chi connectivity index (χ0n) is 17.3. The molecular formula is C24H22INO5S-2. The molecule has 0 saturated carbocycles. The molecule has 0 bridgehead atoms. The van der Waals surface area contributed by atoms with Crippen molar-refractivity contribution in [3.63, 3.8) is 0 Å². The molecule has 0 amide bonds. The smallest absolute Gasteiger partial charge is 0.0622 e. The molecule has 0 fully saturated rings. The Hall–Kier alpha value is -2.24. The number of esters is 1. The number of thioether (sulfide) groups is 1. The summed E-state index contributed by atoms with van der Waals surface area (Å²) < 4.78 is 4.41. The van der Waals surface area contributed by atoms with Gasteiger partial charge in [-0.2, -0.15) is 0 Å². The standard InChI is InChI=1S/C24H22INO5S/c1-31-23(27)15-20(17-6-3-2-4-7-17)16-32-22-12-10-18(11-13-22)24(28)19-8-5-9-21(14-19)25-26(29)30/h2-14,20,26H,15-16H2,1H3/q-2. The van der Waals surface area contributed by atoms with E-state index in [0.717, 1.165) is 10.5 Å². The molecule has 0 aromatic heterocycles. The molecule has 6 nitrogen and oxygen atoms in total. The van der Waals surface area contributed by atoms with E-state index < -0.39 is 24.9 Å². The zero-order chi connectivity index (χ0) is 22.9. The molecular weight excluding hydrogens is 541 g/mol. The summed E-state index contributed by atoms with van der Waals surface area (Å²) in [5.41, 5.74) is 2.08. The van der Waals surface area contributed by atoms with Gasteiger partial charge >= 0.3 is 155 Å². The van der Waals surface area contributed by atoms with Crippen LogP contribution in [-0.4, -0.2) is 24.6 Å². The summed E-state index contributed by atoms with van der Waals surface area (Å²) >= 11 is 0.342. The van der Waals surface area contributed by atoms with Gasteiger partial charge in [0, 0.05) is 0 Å². The van der Waals surface area contributed by atoms with Crippen molar-refractivity contribution in [1.29, 1.82) is 0 Å². The number of quaternary nitrogens is 1. The first kappa shape index (κ1) is 24.4. The van der Waals surface area contributed by atoms with E-state index in [4.69, 9.17) is 4.74 Å². The number of hydrogen-bond donors (Lipinski definition) is 1. The summed E-state index contributed by atoms with van der Waals surface area (Å²) in [6, 6.07) is 23.9. The molecule has 3 aromatic rings. The number of hydrogen-bond acceptors (Lipinski definition) is 6. The number of ketones is 1. The van der Waals surface area contributed by atoms with E-state index >= 15 is 0 Å². The number of methoxy groups -OCH3 is 1. The van der Waals surface area contributed by atoms with Gasteiger partial charge in [0.05, 0.1) is 7.11 Å². The minimum Gasteiger partial charge on any atom is -0.0622 e. The number of carbonyl (C=O) groups is 2. The van der Waals surface area contributed by atoms with E-state index in [-0.39, 0.29) is 17.7 Å². The summed E-state index contributed by atoms with van der Waals surface area (Å²) in [5.74, 6) is 0.313. The molecule has 0 radical (unpaired) electrons. The Morgan fingerprint density at radius 2 is 1.69 bits per heavy atom. The van der Waals surface area contributed by atoms with Crippen molar-refractivity contribution in [2.45, 2.75) is 17.2 Å². The molecule has 0 spiro atoms. The number of nitrogens with one attached hydrogen (secondary N) is 1. The van der Waals surface area contributed by atoms with Gasteiger partial charge in [0.15, 0.2) is 0 Å². The van der Waals surface area contributed by atoms with Crippen LogP contribution < -0.4 is 24.9 Å². The molecule has 1 unspecified atom stereocenters. The number of halogens is 1. The van der Waals surface area contributed by atoms with Gasteiger partial charge in [-0.3, -0.25) is 4.79 Å². The van der Waals surface area contributed by atoms with E-state index in [2.05, 4.69) is 0 Å². The molecule has 1 N–H and O–H groups in total. The third-order valence-electron chi connectivity index (χ3n) is 4.75. The third kappa shape index (κ3) is 7.14. The molecule has 1 atom stereocenters.